The minimum absolute atomic E-state index is 0.00966. The predicted molar refractivity (Wildman–Crippen MR) is 70.6 cm³/mol. The largest absolute Gasteiger partial charge is 0.464 e. The molecule has 0 heterocycles. The number of ether oxygens (including phenoxy) is 1. The molecule has 1 aromatic carbocycles. The van der Waals surface area contributed by atoms with Gasteiger partial charge in [0.15, 0.2) is 0 Å². The van der Waals surface area contributed by atoms with E-state index in [1.807, 2.05) is 24.3 Å². The van der Waals surface area contributed by atoms with Gasteiger partial charge in [-0.25, -0.2) is 4.79 Å². The lowest BCUT2D eigenvalue weighted by Crippen LogP contribution is -2.29. The van der Waals surface area contributed by atoms with Crippen LogP contribution >= 0.6 is 15.9 Å². The van der Waals surface area contributed by atoms with Crippen LogP contribution in [0.4, 0.5) is 0 Å². The average Bonchev–Trinajstić information content (AvgIpc) is 2.35. The number of halogens is 1. The predicted octanol–water partition coefficient (Wildman–Crippen LogP) is 2.67. The molecule has 0 aliphatic heterocycles. The van der Waals surface area contributed by atoms with Crippen molar-refractivity contribution in [1.29, 1.82) is 0 Å². The zero-order chi connectivity index (χ0) is 13.5. The Kier molecular flexibility index (Phi) is 5.51. The third-order valence-electron chi connectivity index (χ3n) is 2.27. The third kappa shape index (κ3) is 4.29. The van der Waals surface area contributed by atoms with E-state index in [4.69, 9.17) is 0 Å². The molecule has 1 unspecified atom stereocenters. The fourth-order valence-corrected chi connectivity index (χ4v) is 1.58. The van der Waals surface area contributed by atoms with Crippen LogP contribution in [0.25, 0.3) is 6.08 Å². The number of hydrogen-bond acceptors (Lipinski definition) is 4. The van der Waals surface area contributed by atoms with E-state index in [9.17, 15) is 14.9 Å². The Labute approximate surface area is 113 Å². The molecule has 0 N–H and O–H groups in total. The highest BCUT2D eigenvalue weighted by Gasteiger charge is 2.28. The summed E-state index contributed by atoms with van der Waals surface area (Å²) < 4.78 is 5.33. The van der Waals surface area contributed by atoms with Gasteiger partial charge in [-0.2, -0.15) is 0 Å². The summed E-state index contributed by atoms with van der Waals surface area (Å²) in [4.78, 5) is 21.1. The molecule has 0 fully saturated rings. The summed E-state index contributed by atoms with van der Waals surface area (Å²) in [5.41, 5.74) is 0.908. The van der Waals surface area contributed by atoms with Gasteiger partial charge in [-0.05, 0) is 17.7 Å². The van der Waals surface area contributed by atoms with E-state index in [-0.39, 0.29) is 6.42 Å². The van der Waals surface area contributed by atoms with E-state index in [0.717, 1.165) is 17.1 Å². The van der Waals surface area contributed by atoms with Gasteiger partial charge in [0.2, 0.25) is 0 Å². The minimum atomic E-state index is -1.35. The molecule has 1 aromatic rings. The Balaban J connectivity index is 2.64. The van der Waals surface area contributed by atoms with Gasteiger partial charge >= 0.3 is 12.0 Å². The first-order chi connectivity index (χ1) is 8.54. The lowest BCUT2D eigenvalue weighted by molar-refractivity contribution is -0.509. The van der Waals surface area contributed by atoms with Gasteiger partial charge in [-0.1, -0.05) is 40.2 Å². The lowest BCUT2D eigenvalue weighted by Gasteiger charge is -2.03. The standard InChI is InChI=1S/C12H12BrNO4/c1-18-12(15)11(14(16)17)4-2-3-9-5-7-10(13)8-6-9/h2-3,5-8,11H,4H2,1H3/b3-2+. The van der Waals surface area contributed by atoms with E-state index in [1.165, 1.54) is 0 Å². The fraction of sp³-hybridized carbons (Fsp3) is 0.250. The quantitative estimate of drug-likeness (QED) is 0.476. The summed E-state index contributed by atoms with van der Waals surface area (Å²) in [6.45, 7) is 0. The molecule has 6 heteroatoms. The zero-order valence-corrected chi connectivity index (χ0v) is 11.3. The normalized spacial score (nSPS) is 12.3. The lowest BCUT2D eigenvalue weighted by atomic mass is 10.1. The highest BCUT2D eigenvalue weighted by molar-refractivity contribution is 9.10. The molecule has 18 heavy (non-hydrogen) atoms. The van der Waals surface area contributed by atoms with Crippen LogP contribution in [0.15, 0.2) is 34.8 Å². The first-order valence-corrected chi connectivity index (χ1v) is 5.97. The van der Waals surface area contributed by atoms with Crippen LogP contribution in [0.3, 0.4) is 0 Å². The van der Waals surface area contributed by atoms with Crippen molar-refractivity contribution < 1.29 is 14.5 Å². The molecule has 0 aliphatic rings. The van der Waals surface area contributed by atoms with Crippen molar-refractivity contribution in [3.05, 3.63) is 50.5 Å². The van der Waals surface area contributed by atoms with Crippen molar-refractivity contribution >= 4 is 28.0 Å². The van der Waals surface area contributed by atoms with E-state index in [1.54, 1.807) is 12.2 Å². The Hall–Kier alpha value is -1.69. The molecule has 0 amide bonds. The highest BCUT2D eigenvalue weighted by atomic mass is 79.9. The Morgan fingerprint density at radius 3 is 2.61 bits per heavy atom. The second-order valence-corrected chi connectivity index (χ2v) is 4.43. The average molecular weight is 314 g/mol. The topological polar surface area (TPSA) is 69.4 Å². The molecule has 0 aliphatic carbocycles. The smallest absolute Gasteiger partial charge is 0.381 e. The number of benzene rings is 1. The molecule has 0 bridgehead atoms. The van der Waals surface area contributed by atoms with Gasteiger partial charge in [-0.15, -0.1) is 0 Å². The molecule has 0 spiro atoms. The van der Waals surface area contributed by atoms with Gasteiger partial charge in [0, 0.05) is 15.8 Å². The fourth-order valence-electron chi connectivity index (χ4n) is 1.31. The van der Waals surface area contributed by atoms with Gasteiger partial charge in [0.25, 0.3) is 0 Å². The van der Waals surface area contributed by atoms with Gasteiger partial charge in [-0.3, -0.25) is 10.1 Å². The summed E-state index contributed by atoms with van der Waals surface area (Å²) in [5, 5.41) is 10.7. The van der Waals surface area contributed by atoms with Gasteiger partial charge in [0.05, 0.1) is 7.11 Å². The number of hydrogen-bond donors (Lipinski definition) is 0. The molecular formula is C12H12BrNO4. The van der Waals surface area contributed by atoms with E-state index >= 15 is 0 Å². The summed E-state index contributed by atoms with van der Waals surface area (Å²) in [6, 6.07) is 6.11. The number of methoxy groups -OCH3 is 1. The number of esters is 1. The van der Waals surface area contributed by atoms with Crippen molar-refractivity contribution in [2.24, 2.45) is 0 Å². The van der Waals surface area contributed by atoms with Gasteiger partial charge in [0.1, 0.15) is 0 Å². The first-order valence-electron chi connectivity index (χ1n) is 5.18. The molecule has 1 rings (SSSR count). The zero-order valence-electron chi connectivity index (χ0n) is 9.71. The minimum Gasteiger partial charge on any atom is -0.464 e. The van der Waals surface area contributed by atoms with E-state index in [2.05, 4.69) is 20.7 Å². The Morgan fingerprint density at radius 1 is 1.50 bits per heavy atom. The molecule has 96 valence electrons. The van der Waals surface area contributed by atoms with Crippen LogP contribution in [0, 0.1) is 10.1 Å². The molecule has 0 radical (unpaired) electrons. The summed E-state index contributed by atoms with van der Waals surface area (Å²) in [5.74, 6) is -0.833. The number of nitrogens with zero attached hydrogens (tertiary/aromatic N) is 1. The number of nitro groups is 1. The third-order valence-corrected chi connectivity index (χ3v) is 2.80. The van der Waals surface area contributed by atoms with Crippen LogP contribution in [0.5, 0.6) is 0 Å². The van der Waals surface area contributed by atoms with Crippen LogP contribution in [-0.4, -0.2) is 24.0 Å². The van der Waals surface area contributed by atoms with Crippen LogP contribution < -0.4 is 0 Å². The maximum Gasteiger partial charge on any atom is 0.381 e. The highest BCUT2D eigenvalue weighted by Crippen LogP contribution is 2.12. The molecule has 0 aromatic heterocycles. The second kappa shape index (κ2) is 6.90. The summed E-state index contributed by atoms with van der Waals surface area (Å²) in [6.07, 6.45) is 3.33. The van der Waals surface area contributed by atoms with Crippen molar-refractivity contribution in [2.45, 2.75) is 12.5 Å². The maximum absolute atomic E-state index is 11.1. The molecular weight excluding hydrogens is 302 g/mol. The van der Waals surface area contributed by atoms with Crippen LogP contribution in [-0.2, 0) is 9.53 Å². The summed E-state index contributed by atoms with van der Waals surface area (Å²) >= 11 is 3.31. The number of carbonyl (C=O) groups excluding carboxylic acids is 1. The molecule has 1 atom stereocenters. The molecule has 0 saturated carbocycles. The number of rotatable bonds is 5. The molecule has 5 nitrogen and oxygen atoms in total. The molecule has 0 saturated heterocycles. The van der Waals surface area contributed by atoms with Crippen LogP contribution in [0.2, 0.25) is 0 Å². The maximum atomic E-state index is 11.1. The van der Waals surface area contributed by atoms with Crippen LogP contribution in [0.1, 0.15) is 12.0 Å². The van der Waals surface area contributed by atoms with Crippen molar-refractivity contribution in [3.63, 3.8) is 0 Å². The van der Waals surface area contributed by atoms with Gasteiger partial charge < -0.3 is 4.74 Å². The first kappa shape index (κ1) is 14.4. The Bertz CT molecular complexity index is 456. The van der Waals surface area contributed by atoms with Crippen molar-refractivity contribution in [3.8, 4) is 0 Å². The van der Waals surface area contributed by atoms with Crippen molar-refractivity contribution in [2.75, 3.05) is 7.11 Å². The SMILES string of the molecule is COC(=O)C(C/C=C/c1ccc(Br)cc1)[N+](=O)[O-]. The van der Waals surface area contributed by atoms with Crippen molar-refractivity contribution in [1.82, 2.24) is 0 Å². The summed E-state index contributed by atoms with van der Waals surface area (Å²) in [7, 11) is 1.14. The number of carbonyl (C=O) groups is 1. The second-order valence-electron chi connectivity index (χ2n) is 3.51. The van der Waals surface area contributed by atoms with E-state index < -0.39 is 16.9 Å². The van der Waals surface area contributed by atoms with E-state index in [0.29, 0.717) is 0 Å². The Morgan fingerprint density at radius 2 is 2.11 bits per heavy atom. The monoisotopic (exact) mass is 313 g/mol.